The van der Waals surface area contributed by atoms with Crippen LogP contribution in [0.4, 0.5) is 17.3 Å². The van der Waals surface area contributed by atoms with E-state index < -0.39 is 5.60 Å². The zero-order chi connectivity index (χ0) is 29.3. The lowest BCUT2D eigenvalue weighted by molar-refractivity contribution is 0.0738. The first-order chi connectivity index (χ1) is 19.6. The quantitative estimate of drug-likeness (QED) is 0.286. The number of allylic oxidation sites excluding steroid dienone is 2. The predicted octanol–water partition coefficient (Wildman–Crippen LogP) is 4.27. The average molecular weight is 575 g/mol. The average Bonchev–Trinajstić information content (AvgIpc) is 3.19. The second-order valence-electron chi connectivity index (χ2n) is 10.8. The molecule has 4 heterocycles. The van der Waals surface area contributed by atoms with Gasteiger partial charge >= 0.3 is 0 Å². The fraction of sp³-hybridized carbons (Fsp3) is 0.333. The number of nitrogens with one attached hydrogen (secondary N) is 1. The molecule has 1 fully saturated rings. The van der Waals surface area contributed by atoms with Crippen molar-refractivity contribution in [3.8, 4) is 5.82 Å². The number of benzene rings is 1. The highest BCUT2D eigenvalue weighted by molar-refractivity contribution is 6.30. The van der Waals surface area contributed by atoms with Crippen LogP contribution in [0.1, 0.15) is 25.1 Å². The summed E-state index contributed by atoms with van der Waals surface area (Å²) >= 11 is 6.42. The van der Waals surface area contributed by atoms with Crippen molar-refractivity contribution in [2.45, 2.75) is 32.4 Å². The number of nitrogens with zero attached hydrogens (tertiary/aromatic N) is 7. The normalized spacial score (nSPS) is 14.4. The summed E-state index contributed by atoms with van der Waals surface area (Å²) in [6.07, 6.45) is 5.76. The van der Waals surface area contributed by atoms with E-state index in [-0.39, 0.29) is 12.1 Å². The van der Waals surface area contributed by atoms with Crippen molar-refractivity contribution < 1.29 is 5.11 Å². The molecule has 11 heteroatoms. The summed E-state index contributed by atoms with van der Waals surface area (Å²) in [5, 5.41) is 14.6. The Morgan fingerprint density at radius 1 is 1.10 bits per heavy atom. The lowest BCUT2D eigenvalue weighted by Gasteiger charge is -2.35. The van der Waals surface area contributed by atoms with Gasteiger partial charge in [-0.1, -0.05) is 23.8 Å². The molecule has 2 N–H and O–H groups in total. The fourth-order valence-electron chi connectivity index (χ4n) is 4.98. The third-order valence-electron chi connectivity index (χ3n) is 7.14. The van der Waals surface area contributed by atoms with Crippen LogP contribution < -0.4 is 15.8 Å². The number of aliphatic hydroxyl groups is 1. The van der Waals surface area contributed by atoms with Crippen molar-refractivity contribution in [1.29, 1.82) is 0 Å². The van der Waals surface area contributed by atoms with Crippen LogP contribution in [0.25, 0.3) is 16.9 Å². The van der Waals surface area contributed by atoms with Crippen molar-refractivity contribution in [2.75, 3.05) is 43.4 Å². The molecule has 214 valence electrons. The van der Waals surface area contributed by atoms with E-state index in [0.717, 1.165) is 43.9 Å². The minimum atomic E-state index is -1.24. The van der Waals surface area contributed by atoms with Gasteiger partial charge in [-0.3, -0.25) is 4.79 Å². The van der Waals surface area contributed by atoms with Crippen molar-refractivity contribution in [3.05, 3.63) is 88.5 Å². The number of rotatable bonds is 9. The van der Waals surface area contributed by atoms with Gasteiger partial charge < -0.3 is 20.2 Å². The molecule has 0 atom stereocenters. The van der Waals surface area contributed by atoms with Gasteiger partial charge in [-0.2, -0.15) is 4.98 Å². The van der Waals surface area contributed by atoms with Gasteiger partial charge in [-0.15, -0.1) is 13.2 Å². The number of pyridine rings is 1. The molecule has 1 saturated heterocycles. The number of piperazine rings is 1. The van der Waals surface area contributed by atoms with Crippen LogP contribution >= 0.6 is 11.6 Å². The van der Waals surface area contributed by atoms with Crippen LogP contribution in [0.3, 0.4) is 0 Å². The van der Waals surface area contributed by atoms with Gasteiger partial charge in [0.25, 0.3) is 5.56 Å². The number of fused-ring (bicyclic) bond motifs is 1. The minimum absolute atomic E-state index is 0.211. The Balaban J connectivity index is 1.56. The Hall–Kier alpha value is -3.99. The maximum absolute atomic E-state index is 13.3. The first-order valence-corrected chi connectivity index (χ1v) is 13.9. The van der Waals surface area contributed by atoms with Crippen LogP contribution in [0.15, 0.2) is 66.6 Å². The molecule has 0 aliphatic carbocycles. The SMILES string of the molecule is C=CCc1cc(Nc2ncc3c(=O)n(CC=C)n(-c4cc(Cl)cc(C(C)(C)O)n4)c3n2)ccc1N1CCN(C)CC1. The van der Waals surface area contributed by atoms with Crippen molar-refractivity contribution in [2.24, 2.45) is 0 Å². The lowest BCUT2D eigenvalue weighted by Crippen LogP contribution is -2.44. The molecule has 10 nitrogen and oxygen atoms in total. The molecule has 1 aliphatic heterocycles. The summed E-state index contributed by atoms with van der Waals surface area (Å²) in [7, 11) is 2.14. The van der Waals surface area contributed by atoms with Crippen LogP contribution in [0.5, 0.6) is 0 Å². The molecule has 0 radical (unpaired) electrons. The first kappa shape index (κ1) is 28.5. The summed E-state index contributed by atoms with van der Waals surface area (Å²) in [6.45, 7) is 15.2. The van der Waals surface area contributed by atoms with E-state index >= 15 is 0 Å². The molecule has 1 aliphatic rings. The van der Waals surface area contributed by atoms with Gasteiger partial charge in [0.1, 0.15) is 11.0 Å². The number of hydrogen-bond donors (Lipinski definition) is 2. The van der Waals surface area contributed by atoms with E-state index in [1.165, 1.54) is 16.6 Å². The van der Waals surface area contributed by atoms with Gasteiger partial charge in [0.05, 0.1) is 12.2 Å². The zero-order valence-electron chi connectivity index (χ0n) is 23.6. The molecular formula is C30H35ClN8O2. The summed E-state index contributed by atoms with van der Waals surface area (Å²) in [4.78, 5) is 31.9. The van der Waals surface area contributed by atoms with Gasteiger partial charge in [-0.05, 0) is 57.1 Å². The Labute approximate surface area is 244 Å². The molecule has 41 heavy (non-hydrogen) atoms. The number of aromatic nitrogens is 5. The summed E-state index contributed by atoms with van der Waals surface area (Å²) in [5.41, 5.74) is 2.37. The first-order valence-electron chi connectivity index (χ1n) is 13.5. The van der Waals surface area contributed by atoms with Crippen LogP contribution in [-0.4, -0.2) is 67.5 Å². The number of anilines is 3. The summed E-state index contributed by atoms with van der Waals surface area (Å²) < 4.78 is 3.06. The second kappa shape index (κ2) is 11.5. The molecular weight excluding hydrogens is 540 g/mol. The number of likely N-dealkylation sites (N-methyl/N-ethyl adjacent to an activating group) is 1. The third-order valence-corrected chi connectivity index (χ3v) is 7.36. The van der Waals surface area contributed by atoms with E-state index in [9.17, 15) is 9.90 Å². The van der Waals surface area contributed by atoms with E-state index in [1.807, 2.05) is 12.1 Å². The highest BCUT2D eigenvalue weighted by atomic mass is 35.5. The maximum atomic E-state index is 13.3. The molecule has 4 aromatic rings. The molecule has 0 amide bonds. The molecule has 0 unspecified atom stereocenters. The van der Waals surface area contributed by atoms with Crippen LogP contribution in [-0.2, 0) is 18.6 Å². The molecule has 0 spiro atoms. The largest absolute Gasteiger partial charge is 0.384 e. The molecule has 3 aromatic heterocycles. The highest BCUT2D eigenvalue weighted by Gasteiger charge is 2.23. The zero-order valence-corrected chi connectivity index (χ0v) is 24.4. The minimum Gasteiger partial charge on any atom is -0.384 e. The molecule has 5 rings (SSSR count). The fourth-order valence-corrected chi connectivity index (χ4v) is 5.18. The standard InChI is InChI=1S/C30H35ClN8O2/c1-6-8-20-16-22(9-10-24(20)37-14-12-36(5)13-15-37)33-29-32-19-23-27(35-29)39(38(11-7-2)28(23)40)26-18-21(31)17-25(34-26)30(3,4)41/h6-7,9-10,16-19,41H,1-2,8,11-15H2,3-5H3,(H,32,33,35). The van der Waals surface area contributed by atoms with E-state index in [0.29, 0.717) is 33.5 Å². The van der Waals surface area contributed by atoms with Gasteiger partial charge in [0.2, 0.25) is 5.95 Å². The van der Waals surface area contributed by atoms with Gasteiger partial charge in [0.15, 0.2) is 11.5 Å². The Kier molecular flexibility index (Phi) is 7.99. The topological polar surface area (TPSA) is 104 Å². The molecule has 0 bridgehead atoms. The highest BCUT2D eigenvalue weighted by Crippen LogP contribution is 2.28. The van der Waals surface area contributed by atoms with Gasteiger partial charge in [-0.25, -0.2) is 19.3 Å². The van der Waals surface area contributed by atoms with E-state index in [1.54, 1.807) is 36.7 Å². The van der Waals surface area contributed by atoms with Gasteiger partial charge in [0, 0.05) is 54.8 Å². The van der Waals surface area contributed by atoms with E-state index in [2.05, 4.69) is 57.4 Å². The Morgan fingerprint density at radius 3 is 2.54 bits per heavy atom. The van der Waals surface area contributed by atoms with E-state index in [4.69, 9.17) is 16.6 Å². The predicted molar refractivity (Wildman–Crippen MR) is 165 cm³/mol. The maximum Gasteiger partial charge on any atom is 0.278 e. The van der Waals surface area contributed by atoms with Crippen molar-refractivity contribution in [3.63, 3.8) is 0 Å². The summed E-state index contributed by atoms with van der Waals surface area (Å²) in [6, 6.07) is 9.45. The molecule has 1 aromatic carbocycles. The number of hydrogen-bond acceptors (Lipinski definition) is 8. The lowest BCUT2D eigenvalue weighted by atomic mass is 10.1. The monoisotopic (exact) mass is 574 g/mol. The second-order valence-corrected chi connectivity index (χ2v) is 11.2. The third kappa shape index (κ3) is 5.90. The number of halogens is 1. The Bertz CT molecular complexity index is 1660. The van der Waals surface area contributed by atoms with Crippen LogP contribution in [0, 0.1) is 0 Å². The van der Waals surface area contributed by atoms with Crippen LogP contribution in [0.2, 0.25) is 5.02 Å². The smallest absolute Gasteiger partial charge is 0.278 e. The summed E-state index contributed by atoms with van der Waals surface area (Å²) in [5.74, 6) is 0.668. The van der Waals surface area contributed by atoms with Crippen molar-refractivity contribution in [1.82, 2.24) is 29.2 Å². The molecule has 0 saturated carbocycles. The van der Waals surface area contributed by atoms with Crippen molar-refractivity contribution >= 4 is 40.0 Å². The Morgan fingerprint density at radius 2 is 1.85 bits per heavy atom.